The van der Waals surface area contributed by atoms with Crippen LogP contribution in [0.1, 0.15) is 17.5 Å². The number of amides is 2. The van der Waals surface area contributed by atoms with Crippen LogP contribution in [0.15, 0.2) is 53.3 Å². The average Bonchev–Trinajstić information content (AvgIpc) is 2.92. The molecule has 2 aromatic carbocycles. The summed E-state index contributed by atoms with van der Waals surface area (Å²) < 4.78 is 10.4. The second-order valence-electron chi connectivity index (χ2n) is 10.6. The van der Waals surface area contributed by atoms with Gasteiger partial charge in [-0.2, -0.15) is 0 Å². The maximum absolute atomic E-state index is 13.9. The fourth-order valence-electron chi connectivity index (χ4n) is 6.25. The van der Waals surface area contributed by atoms with Gasteiger partial charge < -0.3 is 35.6 Å². The number of carbonyl (C=O) groups excluding carboxylic acids is 4. The quantitative estimate of drug-likeness (QED) is 0.221. The van der Waals surface area contributed by atoms with Gasteiger partial charge in [-0.1, -0.05) is 0 Å². The van der Waals surface area contributed by atoms with Gasteiger partial charge in [0.25, 0.3) is 5.91 Å². The van der Waals surface area contributed by atoms with E-state index in [4.69, 9.17) is 15.2 Å². The fourth-order valence-corrected chi connectivity index (χ4v) is 6.25. The van der Waals surface area contributed by atoms with Crippen molar-refractivity contribution in [3.05, 3.63) is 64.4 Å². The zero-order valence-corrected chi connectivity index (χ0v) is 22.9. The molecular formula is C29H29N3O10. The molecule has 2 aromatic rings. The number of fused-ring (bicyclic) bond motifs is 3. The van der Waals surface area contributed by atoms with Crippen LogP contribution in [-0.2, 0) is 20.8 Å². The predicted octanol–water partition coefficient (Wildman–Crippen LogP) is 1.58. The number of Topliss-reactive ketones (excluding diaryl/α,β-unsaturated/α-hetero) is 2. The molecule has 42 heavy (non-hydrogen) atoms. The van der Waals surface area contributed by atoms with Crippen molar-refractivity contribution >= 4 is 35.0 Å². The second-order valence-corrected chi connectivity index (χ2v) is 10.6. The number of aliphatic hydroxyl groups is 3. The van der Waals surface area contributed by atoms with Crippen LogP contribution in [0, 0.1) is 11.8 Å². The Bertz CT molecular complexity index is 1590. The molecule has 3 aliphatic rings. The first-order chi connectivity index (χ1) is 19.8. The van der Waals surface area contributed by atoms with Crippen LogP contribution >= 0.6 is 0 Å². The number of phenolic OH excluding ortho intramolecular Hbond substituents is 1. The van der Waals surface area contributed by atoms with E-state index >= 15 is 0 Å². The number of carbonyl (C=O) groups is 4. The van der Waals surface area contributed by atoms with E-state index in [1.807, 2.05) is 0 Å². The van der Waals surface area contributed by atoms with Gasteiger partial charge >= 0.3 is 6.09 Å². The third kappa shape index (κ3) is 4.25. The number of benzene rings is 2. The molecule has 0 heterocycles. The van der Waals surface area contributed by atoms with Crippen molar-refractivity contribution < 1.29 is 49.1 Å². The van der Waals surface area contributed by atoms with Gasteiger partial charge in [0.2, 0.25) is 5.78 Å². The minimum Gasteiger partial charge on any atom is -0.508 e. The Labute approximate surface area is 239 Å². The number of ketones is 2. The zero-order chi connectivity index (χ0) is 30.7. The summed E-state index contributed by atoms with van der Waals surface area (Å²) in [5.74, 6) is -6.76. The van der Waals surface area contributed by atoms with Gasteiger partial charge in [-0.05, 0) is 74.8 Å². The van der Waals surface area contributed by atoms with Gasteiger partial charge in [0.1, 0.15) is 34.3 Å². The molecule has 1 fully saturated rings. The van der Waals surface area contributed by atoms with Crippen LogP contribution in [0.25, 0.3) is 5.76 Å². The molecule has 7 N–H and O–H groups in total. The monoisotopic (exact) mass is 579 g/mol. The number of phenols is 1. The first-order valence-electron chi connectivity index (χ1n) is 12.9. The minimum atomic E-state index is -2.74. The fraction of sp³-hybridized carbons (Fsp3) is 0.310. The number of hydrogen-bond acceptors (Lipinski definition) is 11. The molecule has 1 saturated carbocycles. The van der Waals surface area contributed by atoms with E-state index in [0.29, 0.717) is 5.75 Å². The Morgan fingerprint density at radius 2 is 1.69 bits per heavy atom. The number of methoxy groups -OCH3 is 1. The summed E-state index contributed by atoms with van der Waals surface area (Å²) in [7, 11) is 4.53. The molecule has 0 saturated heterocycles. The van der Waals surface area contributed by atoms with Gasteiger partial charge in [-0.3, -0.25) is 24.6 Å². The van der Waals surface area contributed by atoms with E-state index in [1.54, 1.807) is 12.1 Å². The molecule has 4 atom stereocenters. The van der Waals surface area contributed by atoms with Gasteiger partial charge in [0.15, 0.2) is 11.4 Å². The van der Waals surface area contributed by atoms with E-state index in [2.05, 4.69) is 5.32 Å². The molecule has 5 rings (SSSR count). The SMILES string of the molecule is COc1ccc(OC(=O)Nc2ccc(O)c3c2C[C@H]2C[C@H]4[C@H](N(C)C)C(=O)C(C(N)=O)=C(O)[C@@]4(O)C(=O)C2=C3O)cc1. The number of primary amides is 1. The van der Waals surface area contributed by atoms with Crippen LogP contribution in [0.4, 0.5) is 10.5 Å². The summed E-state index contributed by atoms with van der Waals surface area (Å²) in [5.41, 5.74) is 1.72. The number of hydrogen-bond donors (Lipinski definition) is 6. The van der Waals surface area contributed by atoms with Gasteiger partial charge in [-0.25, -0.2) is 4.79 Å². The number of nitrogens with zero attached hydrogens (tertiary/aromatic N) is 1. The highest BCUT2D eigenvalue weighted by Crippen LogP contribution is 2.53. The lowest BCUT2D eigenvalue weighted by molar-refractivity contribution is -0.153. The number of ether oxygens (including phenoxy) is 2. The van der Waals surface area contributed by atoms with Gasteiger partial charge in [-0.15, -0.1) is 0 Å². The van der Waals surface area contributed by atoms with Crippen molar-refractivity contribution in [3.63, 3.8) is 0 Å². The number of nitrogens with two attached hydrogens (primary N) is 1. The van der Waals surface area contributed by atoms with E-state index in [1.165, 1.54) is 50.4 Å². The number of aliphatic hydroxyl groups excluding tert-OH is 2. The summed E-state index contributed by atoms with van der Waals surface area (Å²) in [6.07, 6.45) is -0.950. The maximum atomic E-state index is 13.9. The molecule has 13 nitrogen and oxygen atoms in total. The standard InChI is InChI=1S/C29H29N3O10/c1-32(2)22-16-11-12-10-15-17(31-28(39)42-14-6-4-13(41-3)5-7-14)8-9-18(33)20(15)23(34)19(12)25(36)29(16,40)26(37)21(24(22)35)27(30)38/h4-9,12,16,22,33-34,37,40H,10-11H2,1-3H3,(H2,30,38)(H,31,39)/t12-,16-,22-,29-/m0/s1. The number of anilines is 1. The first-order valence-corrected chi connectivity index (χ1v) is 12.9. The van der Waals surface area contributed by atoms with Crippen molar-refractivity contribution in [1.82, 2.24) is 4.90 Å². The lowest BCUT2D eigenvalue weighted by atomic mass is 9.57. The smallest absolute Gasteiger partial charge is 0.417 e. The lowest BCUT2D eigenvalue weighted by Crippen LogP contribution is -2.65. The molecule has 0 spiro atoms. The summed E-state index contributed by atoms with van der Waals surface area (Å²) in [6.45, 7) is 0. The summed E-state index contributed by atoms with van der Waals surface area (Å²) in [4.78, 5) is 53.3. The summed E-state index contributed by atoms with van der Waals surface area (Å²) in [6, 6.07) is 7.67. The van der Waals surface area contributed by atoms with E-state index in [0.717, 1.165) is 0 Å². The molecule has 2 amide bonds. The van der Waals surface area contributed by atoms with Crippen molar-refractivity contribution in [1.29, 1.82) is 0 Å². The van der Waals surface area contributed by atoms with Crippen LogP contribution < -0.4 is 20.5 Å². The molecule has 13 heteroatoms. The maximum Gasteiger partial charge on any atom is 0.417 e. The highest BCUT2D eigenvalue weighted by Gasteiger charge is 2.64. The number of rotatable bonds is 5. The van der Waals surface area contributed by atoms with Gasteiger partial charge in [0, 0.05) is 17.2 Å². The minimum absolute atomic E-state index is 0.00108. The van der Waals surface area contributed by atoms with Gasteiger partial charge in [0.05, 0.1) is 18.7 Å². The molecule has 0 aromatic heterocycles. The van der Waals surface area contributed by atoms with E-state index < -0.39 is 69.9 Å². The van der Waals surface area contributed by atoms with Crippen LogP contribution in [0.5, 0.6) is 17.2 Å². The molecule has 220 valence electrons. The summed E-state index contributed by atoms with van der Waals surface area (Å²) >= 11 is 0. The Balaban J connectivity index is 1.56. The van der Waals surface area contributed by atoms with Crippen LogP contribution in [0.3, 0.4) is 0 Å². The largest absolute Gasteiger partial charge is 0.508 e. The Kier molecular flexibility index (Phi) is 6.95. The molecule has 3 aliphatic carbocycles. The average molecular weight is 580 g/mol. The van der Waals surface area contributed by atoms with E-state index in [-0.39, 0.29) is 41.0 Å². The molecular weight excluding hydrogens is 550 g/mol. The highest BCUT2D eigenvalue weighted by molar-refractivity contribution is 6.24. The molecule has 0 aliphatic heterocycles. The molecule has 0 radical (unpaired) electrons. The number of likely N-dealkylation sites (N-methyl/N-ethyl adjacent to an activating group) is 1. The Hall–Kier alpha value is -4.88. The first kappa shape index (κ1) is 28.6. The third-order valence-corrected chi connectivity index (χ3v) is 8.11. The second kappa shape index (κ2) is 10.2. The van der Waals surface area contributed by atoms with Crippen LogP contribution in [0.2, 0.25) is 0 Å². The van der Waals surface area contributed by atoms with Crippen molar-refractivity contribution in [2.75, 3.05) is 26.5 Å². The zero-order valence-electron chi connectivity index (χ0n) is 22.9. The Morgan fingerprint density at radius 3 is 2.29 bits per heavy atom. The predicted molar refractivity (Wildman–Crippen MR) is 147 cm³/mol. The number of nitrogens with one attached hydrogen (secondary N) is 1. The van der Waals surface area contributed by atoms with E-state index in [9.17, 15) is 39.6 Å². The molecule has 0 bridgehead atoms. The topological polar surface area (TPSA) is 209 Å². The van der Waals surface area contributed by atoms with Crippen molar-refractivity contribution in [3.8, 4) is 17.2 Å². The normalized spacial score (nSPS) is 25.0. The third-order valence-electron chi connectivity index (χ3n) is 8.11. The highest BCUT2D eigenvalue weighted by atomic mass is 16.6. The number of aromatic hydroxyl groups is 1. The van der Waals surface area contributed by atoms with Crippen molar-refractivity contribution in [2.45, 2.75) is 24.5 Å². The van der Waals surface area contributed by atoms with Crippen LogP contribution in [-0.4, -0.2) is 81.7 Å². The Morgan fingerprint density at radius 1 is 1.05 bits per heavy atom. The molecule has 0 unspecified atom stereocenters. The summed E-state index contributed by atoms with van der Waals surface area (Å²) in [5, 5.41) is 47.1. The van der Waals surface area contributed by atoms with Crippen molar-refractivity contribution in [2.24, 2.45) is 17.6 Å². The lowest BCUT2D eigenvalue weighted by Gasteiger charge is -2.50.